The minimum absolute atomic E-state index is 0.104. The van der Waals surface area contributed by atoms with Gasteiger partial charge in [0.15, 0.2) is 0 Å². The molecule has 7 heteroatoms. The number of ether oxygens (including phenoxy) is 3. The van der Waals surface area contributed by atoms with E-state index in [9.17, 15) is 14.4 Å². The van der Waals surface area contributed by atoms with Crippen LogP contribution in [0, 0.1) is 0 Å². The summed E-state index contributed by atoms with van der Waals surface area (Å²) >= 11 is 0. The molecule has 2 aromatic carbocycles. The van der Waals surface area contributed by atoms with Gasteiger partial charge in [-0.2, -0.15) is 0 Å². The number of hydrogen-bond acceptors (Lipinski definition) is 6. The van der Waals surface area contributed by atoms with Crippen LogP contribution < -0.4 is 9.47 Å². The third-order valence-corrected chi connectivity index (χ3v) is 4.53. The molecule has 1 aromatic heterocycles. The molecule has 0 fully saturated rings. The molecule has 3 rings (SSSR count). The highest BCUT2D eigenvalue weighted by atomic mass is 16.5. The Balaban J connectivity index is 2.18. The summed E-state index contributed by atoms with van der Waals surface area (Å²) in [5, 5.41) is 0.896. The first-order valence-electron chi connectivity index (χ1n) is 9.56. The lowest BCUT2D eigenvalue weighted by Gasteiger charge is -2.12. The second-order valence-corrected chi connectivity index (χ2v) is 6.74. The van der Waals surface area contributed by atoms with Gasteiger partial charge in [0.2, 0.25) is 0 Å². The van der Waals surface area contributed by atoms with Crippen molar-refractivity contribution in [3.05, 3.63) is 48.0 Å². The zero-order valence-corrected chi connectivity index (χ0v) is 17.4. The van der Waals surface area contributed by atoms with Crippen LogP contribution in [0.15, 0.2) is 42.5 Å². The van der Waals surface area contributed by atoms with Crippen molar-refractivity contribution < 1.29 is 28.6 Å². The molecule has 0 atom stereocenters. The highest BCUT2D eigenvalue weighted by Crippen LogP contribution is 2.37. The monoisotopic (exact) mass is 409 g/mol. The Morgan fingerprint density at radius 2 is 1.43 bits per heavy atom. The Labute approximate surface area is 174 Å². The molecule has 0 aliphatic carbocycles. The van der Waals surface area contributed by atoms with Crippen molar-refractivity contribution in [1.29, 1.82) is 0 Å². The molecule has 0 unspecified atom stereocenters. The molecule has 0 aliphatic heterocycles. The third-order valence-electron chi connectivity index (χ3n) is 4.53. The van der Waals surface area contributed by atoms with E-state index in [1.54, 1.807) is 24.3 Å². The molecule has 0 aliphatic rings. The molecular weight excluding hydrogens is 386 g/mol. The third kappa shape index (κ3) is 4.51. The van der Waals surface area contributed by atoms with Crippen molar-refractivity contribution in [1.82, 2.24) is 4.57 Å². The summed E-state index contributed by atoms with van der Waals surface area (Å²) < 4.78 is 17.8. The number of aryl methyl sites for hydroxylation is 1. The zero-order valence-electron chi connectivity index (χ0n) is 17.4. The first kappa shape index (κ1) is 21.1. The van der Waals surface area contributed by atoms with Gasteiger partial charge in [0, 0.05) is 44.3 Å². The first-order valence-corrected chi connectivity index (χ1v) is 9.56. The summed E-state index contributed by atoms with van der Waals surface area (Å²) in [5.74, 6) is -0.272. The van der Waals surface area contributed by atoms with E-state index in [0.717, 1.165) is 27.7 Å². The van der Waals surface area contributed by atoms with E-state index in [4.69, 9.17) is 14.2 Å². The number of fused-ring (bicyclic) bond motifs is 1. The number of aromatic nitrogens is 1. The van der Waals surface area contributed by atoms with Gasteiger partial charge in [-0.25, -0.2) is 0 Å². The van der Waals surface area contributed by atoms with Crippen LogP contribution in [0.25, 0.3) is 22.2 Å². The van der Waals surface area contributed by atoms with Gasteiger partial charge in [0.05, 0.1) is 11.2 Å². The van der Waals surface area contributed by atoms with E-state index < -0.39 is 5.97 Å². The Hall–Kier alpha value is -3.61. The van der Waals surface area contributed by atoms with Crippen molar-refractivity contribution in [2.45, 2.75) is 40.8 Å². The van der Waals surface area contributed by atoms with Gasteiger partial charge in [-0.15, -0.1) is 0 Å². The normalized spacial score (nSPS) is 10.7. The largest absolute Gasteiger partial charge is 0.461 e. The topological polar surface area (TPSA) is 83.8 Å². The Bertz CT molecular complexity index is 1110. The van der Waals surface area contributed by atoms with Crippen molar-refractivity contribution >= 4 is 28.8 Å². The summed E-state index contributed by atoms with van der Waals surface area (Å²) in [7, 11) is 0. The summed E-state index contributed by atoms with van der Waals surface area (Å²) in [4.78, 5) is 34.0. The van der Waals surface area contributed by atoms with Crippen molar-refractivity contribution in [3.8, 4) is 22.8 Å². The number of esters is 3. The number of rotatable bonds is 6. The molecule has 0 bridgehead atoms. The minimum Gasteiger partial charge on any atom is -0.461 e. The fraction of sp³-hybridized carbons (Fsp3) is 0.261. The van der Waals surface area contributed by atoms with Crippen LogP contribution in [0.5, 0.6) is 11.5 Å². The summed E-state index contributed by atoms with van der Waals surface area (Å²) in [6.45, 7) is 6.82. The van der Waals surface area contributed by atoms with E-state index in [0.29, 0.717) is 18.0 Å². The van der Waals surface area contributed by atoms with Crippen LogP contribution in [0.2, 0.25) is 0 Å². The molecule has 0 N–H and O–H groups in total. The Morgan fingerprint density at radius 3 is 2.00 bits per heavy atom. The molecule has 0 radical (unpaired) electrons. The van der Waals surface area contributed by atoms with Crippen LogP contribution >= 0.6 is 0 Å². The number of benzene rings is 2. The second kappa shape index (κ2) is 8.82. The van der Waals surface area contributed by atoms with Crippen LogP contribution in [0.3, 0.4) is 0 Å². The van der Waals surface area contributed by atoms with E-state index in [2.05, 4.69) is 4.57 Å². The second-order valence-electron chi connectivity index (χ2n) is 6.74. The highest BCUT2D eigenvalue weighted by molar-refractivity contribution is 5.93. The smallest absolute Gasteiger partial charge is 0.308 e. The van der Waals surface area contributed by atoms with Gasteiger partial charge in [0.1, 0.15) is 18.1 Å². The minimum atomic E-state index is -0.398. The van der Waals surface area contributed by atoms with Crippen LogP contribution in [-0.4, -0.2) is 22.5 Å². The molecule has 3 aromatic rings. The average Bonchev–Trinajstić information content (AvgIpc) is 2.98. The van der Waals surface area contributed by atoms with Gasteiger partial charge >= 0.3 is 17.9 Å². The van der Waals surface area contributed by atoms with Gasteiger partial charge in [-0.1, -0.05) is 0 Å². The van der Waals surface area contributed by atoms with Crippen LogP contribution in [-0.2, 0) is 32.3 Å². The molecule has 0 amide bonds. The number of hydrogen-bond donors (Lipinski definition) is 0. The van der Waals surface area contributed by atoms with Gasteiger partial charge in [0.25, 0.3) is 0 Å². The predicted molar refractivity (Wildman–Crippen MR) is 111 cm³/mol. The molecule has 156 valence electrons. The summed E-state index contributed by atoms with van der Waals surface area (Å²) in [6, 6.07) is 12.5. The zero-order chi connectivity index (χ0) is 21.8. The SMILES string of the molecule is CCn1c(-c2ccc(OC(C)=O)cc2)c(COC(C)=O)c2ccc(OC(C)=O)cc21. The fourth-order valence-electron chi connectivity index (χ4n) is 3.46. The maximum Gasteiger partial charge on any atom is 0.308 e. The molecule has 30 heavy (non-hydrogen) atoms. The van der Waals surface area contributed by atoms with E-state index in [1.165, 1.54) is 20.8 Å². The summed E-state index contributed by atoms with van der Waals surface area (Å²) in [5.41, 5.74) is 3.46. The van der Waals surface area contributed by atoms with E-state index >= 15 is 0 Å². The molecule has 0 saturated carbocycles. The first-order chi connectivity index (χ1) is 14.3. The average molecular weight is 409 g/mol. The quantitative estimate of drug-likeness (QED) is 0.447. The Morgan fingerprint density at radius 1 is 0.833 bits per heavy atom. The lowest BCUT2D eigenvalue weighted by atomic mass is 10.1. The lowest BCUT2D eigenvalue weighted by Crippen LogP contribution is -2.03. The summed E-state index contributed by atoms with van der Waals surface area (Å²) in [6.07, 6.45) is 0. The number of nitrogens with zero attached hydrogens (tertiary/aromatic N) is 1. The highest BCUT2D eigenvalue weighted by Gasteiger charge is 2.20. The maximum atomic E-state index is 11.5. The van der Waals surface area contributed by atoms with Gasteiger partial charge in [-0.05, 0) is 48.9 Å². The standard InChI is InChI=1S/C23H23NO6/c1-5-24-22-12-19(30-16(4)27)10-11-20(22)21(13-28-14(2)25)23(24)17-6-8-18(9-7-17)29-15(3)26/h6-12H,5,13H2,1-4H3. The van der Waals surface area contributed by atoms with Gasteiger partial charge in [-0.3, -0.25) is 14.4 Å². The van der Waals surface area contributed by atoms with Crippen molar-refractivity contribution in [2.24, 2.45) is 0 Å². The van der Waals surface area contributed by atoms with E-state index in [1.807, 2.05) is 25.1 Å². The fourth-order valence-corrected chi connectivity index (χ4v) is 3.46. The molecule has 1 heterocycles. The van der Waals surface area contributed by atoms with Crippen molar-refractivity contribution in [2.75, 3.05) is 0 Å². The Kier molecular flexibility index (Phi) is 6.20. The molecule has 0 saturated heterocycles. The molecule has 0 spiro atoms. The lowest BCUT2D eigenvalue weighted by molar-refractivity contribution is -0.142. The molecular formula is C23H23NO6. The molecule has 7 nitrogen and oxygen atoms in total. The maximum absolute atomic E-state index is 11.5. The van der Waals surface area contributed by atoms with E-state index in [-0.39, 0.29) is 18.5 Å². The van der Waals surface area contributed by atoms with Crippen molar-refractivity contribution in [3.63, 3.8) is 0 Å². The number of carbonyl (C=O) groups is 3. The van der Waals surface area contributed by atoms with Crippen LogP contribution in [0.4, 0.5) is 0 Å². The predicted octanol–water partition coefficient (Wildman–Crippen LogP) is 4.24. The van der Waals surface area contributed by atoms with Crippen LogP contribution in [0.1, 0.15) is 33.3 Å². The van der Waals surface area contributed by atoms with Gasteiger partial charge < -0.3 is 18.8 Å². The number of carbonyl (C=O) groups excluding carboxylic acids is 3.